The average molecular weight is 294 g/mol. The molecule has 0 fully saturated rings. The summed E-state index contributed by atoms with van der Waals surface area (Å²) in [6.45, 7) is 7.22. The third-order valence-corrected chi connectivity index (χ3v) is 3.64. The van der Waals surface area contributed by atoms with E-state index in [1.807, 2.05) is 24.3 Å². The van der Waals surface area contributed by atoms with Crippen LogP contribution in [0.2, 0.25) is 5.02 Å². The quantitative estimate of drug-likeness (QED) is 0.887. The van der Waals surface area contributed by atoms with Crippen LogP contribution in [0.3, 0.4) is 0 Å². The first-order valence-electron chi connectivity index (χ1n) is 6.90. The monoisotopic (exact) mass is 293 g/mol. The smallest absolute Gasteiger partial charge is 0.231 e. The van der Waals surface area contributed by atoms with E-state index in [1.54, 1.807) is 0 Å². The lowest BCUT2D eigenvalue weighted by Crippen LogP contribution is -2.30. The lowest BCUT2D eigenvalue weighted by atomic mass is 10.0. The number of benzene rings is 1. The predicted molar refractivity (Wildman–Crippen MR) is 80.1 cm³/mol. The summed E-state index contributed by atoms with van der Waals surface area (Å²) in [5.74, 6) is 1.56. The van der Waals surface area contributed by atoms with Crippen LogP contribution in [0.5, 0.6) is 0 Å². The normalized spacial score (nSPS) is 14.2. The second-order valence-electron chi connectivity index (χ2n) is 4.99. The average Bonchev–Trinajstić information content (AvgIpc) is 2.86. The molecule has 0 amide bonds. The molecule has 20 heavy (non-hydrogen) atoms. The lowest BCUT2D eigenvalue weighted by molar-refractivity contribution is 0.330. The Morgan fingerprint density at radius 2 is 2.15 bits per heavy atom. The summed E-state index contributed by atoms with van der Waals surface area (Å²) < 4.78 is 5.36. The Morgan fingerprint density at radius 3 is 2.85 bits per heavy atom. The van der Waals surface area contributed by atoms with Gasteiger partial charge in [0.2, 0.25) is 5.89 Å². The topological polar surface area (TPSA) is 51.0 Å². The SMILES string of the molecule is CCNC(C)C(C)c1nc(Cc2cccc(Cl)c2)no1. The van der Waals surface area contributed by atoms with E-state index >= 15 is 0 Å². The van der Waals surface area contributed by atoms with Gasteiger partial charge in [0.25, 0.3) is 0 Å². The van der Waals surface area contributed by atoms with Gasteiger partial charge in [0.15, 0.2) is 5.82 Å². The highest BCUT2D eigenvalue weighted by Crippen LogP contribution is 2.19. The van der Waals surface area contributed by atoms with Gasteiger partial charge < -0.3 is 9.84 Å². The second kappa shape index (κ2) is 6.86. The minimum Gasteiger partial charge on any atom is -0.339 e. The molecule has 0 saturated carbocycles. The van der Waals surface area contributed by atoms with Crippen LogP contribution >= 0.6 is 11.6 Å². The first-order valence-corrected chi connectivity index (χ1v) is 7.28. The number of likely N-dealkylation sites (N-methyl/N-ethyl adjacent to an activating group) is 1. The molecule has 0 aliphatic carbocycles. The number of halogens is 1. The van der Waals surface area contributed by atoms with E-state index in [0.717, 1.165) is 17.1 Å². The van der Waals surface area contributed by atoms with Crippen molar-refractivity contribution >= 4 is 11.6 Å². The first-order chi connectivity index (χ1) is 9.60. The lowest BCUT2D eigenvalue weighted by Gasteiger charge is -2.16. The number of rotatable bonds is 6. The zero-order valence-corrected chi connectivity index (χ0v) is 12.8. The highest BCUT2D eigenvalue weighted by atomic mass is 35.5. The molecule has 0 aliphatic rings. The summed E-state index contributed by atoms with van der Waals surface area (Å²) in [7, 11) is 0. The van der Waals surface area contributed by atoms with Gasteiger partial charge in [-0.25, -0.2) is 0 Å². The molecule has 2 rings (SSSR count). The van der Waals surface area contributed by atoms with Crippen LogP contribution in [0.25, 0.3) is 0 Å². The Morgan fingerprint density at radius 1 is 1.35 bits per heavy atom. The van der Waals surface area contributed by atoms with Crippen molar-refractivity contribution in [3.8, 4) is 0 Å². The van der Waals surface area contributed by atoms with Crippen LogP contribution in [-0.2, 0) is 6.42 Å². The van der Waals surface area contributed by atoms with Crippen LogP contribution in [0.1, 0.15) is 44.0 Å². The van der Waals surface area contributed by atoms with E-state index in [4.69, 9.17) is 16.1 Å². The molecule has 0 spiro atoms. The zero-order valence-electron chi connectivity index (χ0n) is 12.1. The van der Waals surface area contributed by atoms with Gasteiger partial charge >= 0.3 is 0 Å². The van der Waals surface area contributed by atoms with Gasteiger partial charge in [-0.3, -0.25) is 0 Å². The molecule has 2 atom stereocenters. The molecule has 0 bridgehead atoms. The summed E-state index contributed by atoms with van der Waals surface area (Å²) >= 11 is 5.97. The number of nitrogens with one attached hydrogen (secondary N) is 1. The molecule has 108 valence electrons. The molecule has 1 aromatic carbocycles. The fourth-order valence-corrected chi connectivity index (χ4v) is 2.28. The largest absolute Gasteiger partial charge is 0.339 e. The van der Waals surface area contributed by atoms with Gasteiger partial charge in [0.1, 0.15) is 0 Å². The molecule has 5 heteroatoms. The fraction of sp³-hybridized carbons (Fsp3) is 0.467. The maximum Gasteiger partial charge on any atom is 0.231 e. The molecule has 4 nitrogen and oxygen atoms in total. The van der Waals surface area contributed by atoms with E-state index < -0.39 is 0 Å². The van der Waals surface area contributed by atoms with E-state index in [-0.39, 0.29) is 5.92 Å². The van der Waals surface area contributed by atoms with E-state index in [2.05, 4.69) is 36.2 Å². The van der Waals surface area contributed by atoms with Gasteiger partial charge in [0.05, 0.1) is 5.92 Å². The number of hydrogen-bond donors (Lipinski definition) is 1. The Hall–Kier alpha value is -1.39. The van der Waals surface area contributed by atoms with Crippen molar-refractivity contribution in [2.45, 2.75) is 39.2 Å². The molecular weight excluding hydrogens is 274 g/mol. The van der Waals surface area contributed by atoms with Gasteiger partial charge in [-0.2, -0.15) is 4.98 Å². The highest BCUT2D eigenvalue weighted by molar-refractivity contribution is 6.30. The number of hydrogen-bond acceptors (Lipinski definition) is 4. The molecule has 1 heterocycles. The fourth-order valence-electron chi connectivity index (χ4n) is 2.07. The summed E-state index contributed by atoms with van der Waals surface area (Å²) in [6, 6.07) is 8.01. The van der Waals surface area contributed by atoms with Crippen molar-refractivity contribution in [2.24, 2.45) is 0 Å². The Bertz CT molecular complexity index is 556. The Kier molecular flexibility index (Phi) is 5.15. The number of aromatic nitrogens is 2. The maximum atomic E-state index is 5.97. The zero-order chi connectivity index (χ0) is 14.5. The van der Waals surface area contributed by atoms with Crippen molar-refractivity contribution in [3.63, 3.8) is 0 Å². The Labute approximate surface area is 124 Å². The predicted octanol–water partition coefficient (Wildman–Crippen LogP) is 3.42. The van der Waals surface area contributed by atoms with Crippen LogP contribution in [-0.4, -0.2) is 22.7 Å². The van der Waals surface area contributed by atoms with Gasteiger partial charge in [-0.1, -0.05) is 42.7 Å². The third-order valence-electron chi connectivity index (χ3n) is 3.40. The number of nitrogens with zero attached hydrogens (tertiary/aromatic N) is 2. The van der Waals surface area contributed by atoms with E-state index in [0.29, 0.717) is 24.2 Å². The third kappa shape index (κ3) is 3.81. The second-order valence-corrected chi connectivity index (χ2v) is 5.43. The minimum atomic E-state index is 0.190. The summed E-state index contributed by atoms with van der Waals surface area (Å²) in [6.07, 6.45) is 0.631. The Balaban J connectivity index is 2.05. The van der Waals surface area contributed by atoms with Crippen LogP contribution in [0, 0.1) is 0 Å². The van der Waals surface area contributed by atoms with Crippen molar-refractivity contribution in [3.05, 3.63) is 46.6 Å². The first kappa shape index (κ1) is 15.0. The molecule has 0 saturated heterocycles. The van der Waals surface area contributed by atoms with Crippen LogP contribution in [0.15, 0.2) is 28.8 Å². The highest BCUT2D eigenvalue weighted by Gasteiger charge is 2.20. The van der Waals surface area contributed by atoms with Crippen molar-refractivity contribution in [1.82, 2.24) is 15.5 Å². The van der Waals surface area contributed by atoms with Crippen LogP contribution < -0.4 is 5.32 Å². The summed E-state index contributed by atoms with van der Waals surface area (Å²) in [5, 5.41) is 8.14. The van der Waals surface area contributed by atoms with Gasteiger partial charge in [-0.15, -0.1) is 0 Å². The van der Waals surface area contributed by atoms with E-state index in [1.165, 1.54) is 0 Å². The molecule has 1 N–H and O–H groups in total. The molecule has 0 radical (unpaired) electrons. The van der Waals surface area contributed by atoms with Crippen molar-refractivity contribution < 1.29 is 4.52 Å². The van der Waals surface area contributed by atoms with Gasteiger partial charge in [-0.05, 0) is 31.2 Å². The van der Waals surface area contributed by atoms with Crippen LogP contribution in [0.4, 0.5) is 0 Å². The molecule has 2 unspecified atom stereocenters. The maximum absolute atomic E-state index is 5.97. The van der Waals surface area contributed by atoms with Crippen molar-refractivity contribution in [1.29, 1.82) is 0 Å². The standard InChI is InChI=1S/C15H20ClN3O/c1-4-17-11(3)10(2)15-18-14(19-20-15)9-12-6-5-7-13(16)8-12/h5-8,10-11,17H,4,9H2,1-3H3. The van der Waals surface area contributed by atoms with Gasteiger partial charge in [0, 0.05) is 17.5 Å². The van der Waals surface area contributed by atoms with E-state index in [9.17, 15) is 0 Å². The molecule has 1 aromatic heterocycles. The van der Waals surface area contributed by atoms with Crippen molar-refractivity contribution in [2.75, 3.05) is 6.54 Å². The summed E-state index contributed by atoms with van der Waals surface area (Å²) in [4.78, 5) is 4.48. The molecule has 2 aromatic rings. The summed E-state index contributed by atoms with van der Waals surface area (Å²) in [5.41, 5.74) is 1.08. The minimum absolute atomic E-state index is 0.190. The molecule has 0 aliphatic heterocycles. The molecular formula is C15H20ClN3O.